The summed E-state index contributed by atoms with van der Waals surface area (Å²) in [6.45, 7) is 3.99. The standard InChI is InChI=1S/C22H24N2O3S/c1-5-14(2)23-21(25)16-10-11-19-17(12-16)24(3)22(26)20(28-19)13-15-8-6-7-9-18(15)27-4/h6-14H,5H2,1-4H3,(H,23,25)/b20-13+. The number of para-hydroxylation sites is 1. The summed E-state index contributed by atoms with van der Waals surface area (Å²) in [5, 5.41) is 2.96. The number of amides is 2. The predicted octanol–water partition coefficient (Wildman–Crippen LogP) is 4.33. The second kappa shape index (κ2) is 8.52. The van der Waals surface area contributed by atoms with Crippen molar-refractivity contribution in [3.05, 3.63) is 58.5 Å². The molecule has 6 heteroatoms. The van der Waals surface area contributed by atoms with Crippen LogP contribution in [0.2, 0.25) is 0 Å². The first-order valence-electron chi connectivity index (χ1n) is 9.20. The van der Waals surface area contributed by atoms with Gasteiger partial charge in [0.25, 0.3) is 11.8 Å². The zero-order valence-electron chi connectivity index (χ0n) is 16.5. The second-order valence-corrected chi connectivity index (χ2v) is 7.77. The lowest BCUT2D eigenvalue weighted by Crippen LogP contribution is -2.33. The van der Waals surface area contributed by atoms with E-state index in [0.29, 0.717) is 16.2 Å². The van der Waals surface area contributed by atoms with E-state index in [1.54, 1.807) is 31.2 Å². The number of benzene rings is 2. The van der Waals surface area contributed by atoms with Crippen molar-refractivity contribution in [3.63, 3.8) is 0 Å². The van der Waals surface area contributed by atoms with Gasteiger partial charge in [-0.1, -0.05) is 36.9 Å². The van der Waals surface area contributed by atoms with Crippen molar-refractivity contribution in [3.8, 4) is 5.75 Å². The molecule has 2 aromatic rings. The first-order valence-corrected chi connectivity index (χ1v) is 10.0. The molecule has 2 aromatic carbocycles. The highest BCUT2D eigenvalue weighted by Crippen LogP contribution is 2.42. The van der Waals surface area contributed by atoms with Gasteiger partial charge in [-0.25, -0.2) is 0 Å². The van der Waals surface area contributed by atoms with Crippen molar-refractivity contribution in [2.24, 2.45) is 0 Å². The summed E-state index contributed by atoms with van der Waals surface area (Å²) in [4.78, 5) is 28.4. The summed E-state index contributed by atoms with van der Waals surface area (Å²) < 4.78 is 5.38. The average molecular weight is 397 g/mol. The third kappa shape index (κ3) is 4.07. The molecule has 2 amide bonds. The lowest BCUT2D eigenvalue weighted by molar-refractivity contribution is -0.114. The van der Waals surface area contributed by atoms with Crippen molar-refractivity contribution >= 4 is 35.3 Å². The Balaban J connectivity index is 1.92. The molecule has 1 aliphatic rings. The molecule has 1 atom stereocenters. The number of carbonyl (C=O) groups is 2. The Morgan fingerprint density at radius 3 is 2.75 bits per heavy atom. The maximum atomic E-state index is 12.9. The highest BCUT2D eigenvalue weighted by molar-refractivity contribution is 8.04. The van der Waals surface area contributed by atoms with E-state index in [2.05, 4.69) is 5.32 Å². The van der Waals surface area contributed by atoms with Crippen LogP contribution in [0.3, 0.4) is 0 Å². The maximum Gasteiger partial charge on any atom is 0.264 e. The Bertz CT molecular complexity index is 939. The number of rotatable bonds is 5. The van der Waals surface area contributed by atoms with Gasteiger partial charge < -0.3 is 15.0 Å². The van der Waals surface area contributed by atoms with E-state index in [0.717, 1.165) is 22.6 Å². The number of thioether (sulfide) groups is 1. The molecule has 1 N–H and O–H groups in total. The minimum absolute atomic E-state index is 0.104. The fourth-order valence-corrected chi connectivity index (χ4v) is 3.95. The molecule has 5 nitrogen and oxygen atoms in total. The summed E-state index contributed by atoms with van der Waals surface area (Å²) in [5.41, 5.74) is 2.14. The molecule has 0 radical (unpaired) electrons. The summed E-state index contributed by atoms with van der Waals surface area (Å²) in [6, 6.07) is 13.2. The van der Waals surface area contributed by atoms with Crippen molar-refractivity contribution < 1.29 is 14.3 Å². The molecule has 0 fully saturated rings. The van der Waals surface area contributed by atoms with E-state index in [4.69, 9.17) is 4.74 Å². The van der Waals surface area contributed by atoms with Crippen molar-refractivity contribution in [1.29, 1.82) is 0 Å². The zero-order chi connectivity index (χ0) is 20.3. The van der Waals surface area contributed by atoms with Gasteiger partial charge >= 0.3 is 0 Å². The Morgan fingerprint density at radius 2 is 2.04 bits per heavy atom. The van der Waals surface area contributed by atoms with Crippen molar-refractivity contribution in [1.82, 2.24) is 5.32 Å². The van der Waals surface area contributed by atoms with Crippen LogP contribution in [0.1, 0.15) is 36.2 Å². The number of ether oxygens (including phenoxy) is 1. The third-order valence-electron chi connectivity index (χ3n) is 4.73. The van der Waals surface area contributed by atoms with E-state index in [9.17, 15) is 9.59 Å². The Labute approximate surface area is 169 Å². The highest BCUT2D eigenvalue weighted by Gasteiger charge is 2.27. The smallest absolute Gasteiger partial charge is 0.264 e. The lowest BCUT2D eigenvalue weighted by atomic mass is 10.1. The molecular formula is C22H24N2O3S. The number of methoxy groups -OCH3 is 1. The highest BCUT2D eigenvalue weighted by atomic mass is 32.2. The molecule has 0 aliphatic carbocycles. The quantitative estimate of drug-likeness (QED) is 0.764. The summed E-state index contributed by atoms with van der Waals surface area (Å²) in [6.07, 6.45) is 2.71. The van der Waals surface area contributed by atoms with Crippen LogP contribution in [0.15, 0.2) is 52.3 Å². The Hall–Kier alpha value is -2.73. The van der Waals surface area contributed by atoms with Gasteiger partial charge in [0.2, 0.25) is 0 Å². The van der Waals surface area contributed by atoms with Crippen LogP contribution in [-0.2, 0) is 4.79 Å². The molecule has 0 aromatic heterocycles. The maximum absolute atomic E-state index is 12.9. The lowest BCUT2D eigenvalue weighted by Gasteiger charge is -2.27. The minimum Gasteiger partial charge on any atom is -0.496 e. The number of nitrogens with zero attached hydrogens (tertiary/aromatic N) is 1. The molecule has 146 valence electrons. The van der Waals surface area contributed by atoms with Crippen LogP contribution >= 0.6 is 11.8 Å². The van der Waals surface area contributed by atoms with E-state index < -0.39 is 0 Å². The van der Waals surface area contributed by atoms with Crippen LogP contribution in [0.25, 0.3) is 6.08 Å². The number of fused-ring (bicyclic) bond motifs is 1. The second-order valence-electron chi connectivity index (χ2n) is 6.68. The normalized spacial score (nSPS) is 15.9. The van der Waals surface area contributed by atoms with Gasteiger partial charge in [0.05, 0.1) is 17.7 Å². The summed E-state index contributed by atoms with van der Waals surface area (Å²) in [5.74, 6) is 0.482. The average Bonchev–Trinajstić information content (AvgIpc) is 2.71. The van der Waals surface area contributed by atoms with Crippen LogP contribution in [0.4, 0.5) is 5.69 Å². The molecule has 0 spiro atoms. The van der Waals surface area contributed by atoms with Gasteiger partial charge in [0.15, 0.2) is 0 Å². The zero-order valence-corrected chi connectivity index (χ0v) is 17.3. The fourth-order valence-electron chi connectivity index (χ4n) is 2.87. The van der Waals surface area contributed by atoms with Gasteiger partial charge in [-0.2, -0.15) is 0 Å². The Morgan fingerprint density at radius 1 is 1.29 bits per heavy atom. The molecule has 3 rings (SSSR count). The minimum atomic E-state index is -0.127. The fraction of sp³-hybridized carbons (Fsp3) is 0.273. The van der Waals surface area contributed by atoms with Crippen LogP contribution in [-0.4, -0.2) is 32.0 Å². The van der Waals surface area contributed by atoms with Crippen molar-refractivity contribution in [2.75, 3.05) is 19.1 Å². The summed E-state index contributed by atoms with van der Waals surface area (Å²) in [7, 11) is 3.34. The SMILES string of the molecule is CCC(C)NC(=O)c1ccc2c(c1)N(C)C(=O)/C(=C\c1ccccc1OC)S2. The molecule has 28 heavy (non-hydrogen) atoms. The molecular weight excluding hydrogens is 372 g/mol. The van der Waals surface area contributed by atoms with Gasteiger partial charge in [-0.15, -0.1) is 0 Å². The first-order chi connectivity index (χ1) is 13.4. The van der Waals surface area contributed by atoms with E-state index in [-0.39, 0.29) is 17.9 Å². The largest absolute Gasteiger partial charge is 0.496 e. The van der Waals surface area contributed by atoms with Crippen LogP contribution in [0, 0.1) is 0 Å². The van der Waals surface area contributed by atoms with Gasteiger partial charge in [0, 0.05) is 29.1 Å². The topological polar surface area (TPSA) is 58.6 Å². The number of hydrogen-bond acceptors (Lipinski definition) is 4. The van der Waals surface area contributed by atoms with E-state index in [1.807, 2.05) is 50.3 Å². The Kier molecular flexibility index (Phi) is 6.09. The van der Waals surface area contributed by atoms with E-state index >= 15 is 0 Å². The number of hydrogen-bond donors (Lipinski definition) is 1. The van der Waals surface area contributed by atoms with Gasteiger partial charge in [-0.3, -0.25) is 9.59 Å². The van der Waals surface area contributed by atoms with Gasteiger partial charge in [0.1, 0.15) is 5.75 Å². The number of carbonyl (C=O) groups excluding carboxylic acids is 2. The number of nitrogens with one attached hydrogen (secondary N) is 1. The van der Waals surface area contributed by atoms with E-state index in [1.165, 1.54) is 11.8 Å². The molecule has 1 aliphatic heterocycles. The number of anilines is 1. The monoisotopic (exact) mass is 396 g/mol. The van der Waals surface area contributed by atoms with Crippen molar-refractivity contribution in [2.45, 2.75) is 31.2 Å². The molecule has 0 bridgehead atoms. The first kappa shape index (κ1) is 20.0. The molecule has 1 unspecified atom stereocenters. The number of likely N-dealkylation sites (N-methyl/N-ethyl adjacent to an activating group) is 1. The van der Waals surface area contributed by atoms with Crippen LogP contribution < -0.4 is 15.0 Å². The third-order valence-corrected chi connectivity index (χ3v) is 5.81. The molecule has 0 saturated carbocycles. The van der Waals surface area contributed by atoms with Crippen LogP contribution in [0.5, 0.6) is 5.75 Å². The van der Waals surface area contributed by atoms with Gasteiger partial charge in [-0.05, 0) is 43.7 Å². The predicted molar refractivity (Wildman–Crippen MR) is 114 cm³/mol. The molecule has 0 saturated heterocycles. The summed E-state index contributed by atoms with van der Waals surface area (Å²) >= 11 is 1.40. The molecule has 1 heterocycles.